The monoisotopic (exact) mass is 275 g/mol. The third kappa shape index (κ3) is 5.22. The third-order valence-electron chi connectivity index (χ3n) is 4.44. The van der Waals surface area contributed by atoms with E-state index in [-0.39, 0.29) is 0 Å². The van der Waals surface area contributed by atoms with Crippen LogP contribution in [0.5, 0.6) is 0 Å². The molecule has 1 aliphatic carbocycles. The number of hydrogen-bond donors (Lipinski definition) is 1. The Labute approximate surface area is 123 Å². The largest absolute Gasteiger partial charge is 0.313 e. The molecule has 2 rings (SSSR count). The minimum atomic E-state index is 0.750. The van der Waals surface area contributed by atoms with Gasteiger partial charge in [-0.3, -0.25) is 9.88 Å². The van der Waals surface area contributed by atoms with Gasteiger partial charge in [-0.2, -0.15) is 0 Å². The summed E-state index contributed by atoms with van der Waals surface area (Å²) in [7, 11) is 0. The lowest BCUT2D eigenvalue weighted by atomic mass is 9.87. The van der Waals surface area contributed by atoms with Crippen molar-refractivity contribution in [1.29, 1.82) is 0 Å². The molecule has 1 heterocycles. The Kier molecular flexibility index (Phi) is 6.48. The minimum absolute atomic E-state index is 0.750. The van der Waals surface area contributed by atoms with E-state index in [1.54, 1.807) is 0 Å². The fourth-order valence-electron chi connectivity index (χ4n) is 2.96. The lowest BCUT2D eigenvalue weighted by molar-refractivity contribution is 0.254. The average molecular weight is 275 g/mol. The van der Waals surface area contributed by atoms with Crippen molar-refractivity contribution in [3.63, 3.8) is 0 Å². The number of aromatic nitrogens is 1. The Morgan fingerprint density at radius 2 is 2.05 bits per heavy atom. The molecule has 1 saturated carbocycles. The summed E-state index contributed by atoms with van der Waals surface area (Å²) in [5.74, 6) is 0.935. The molecule has 1 aromatic rings. The summed E-state index contributed by atoms with van der Waals surface area (Å²) >= 11 is 0. The molecule has 0 unspecified atom stereocenters. The summed E-state index contributed by atoms with van der Waals surface area (Å²) in [6.45, 7) is 8.85. The smallest absolute Gasteiger partial charge is 0.0543 e. The molecule has 0 radical (unpaired) electrons. The maximum Gasteiger partial charge on any atom is 0.0543 e. The van der Waals surface area contributed by atoms with Crippen LogP contribution in [0, 0.1) is 5.92 Å². The SMILES string of the molecule is CCN(CCNC1CCC(C)CC1)Cc1ccccn1. The Hall–Kier alpha value is -0.930. The number of nitrogens with one attached hydrogen (secondary N) is 1. The summed E-state index contributed by atoms with van der Waals surface area (Å²) < 4.78 is 0. The zero-order valence-electron chi connectivity index (χ0n) is 13.0. The van der Waals surface area contributed by atoms with Gasteiger partial charge in [0.15, 0.2) is 0 Å². The second-order valence-corrected chi connectivity index (χ2v) is 6.10. The molecule has 3 heteroatoms. The van der Waals surface area contributed by atoms with E-state index in [1.807, 2.05) is 12.3 Å². The van der Waals surface area contributed by atoms with E-state index in [1.165, 1.54) is 31.4 Å². The van der Waals surface area contributed by atoms with E-state index in [9.17, 15) is 0 Å². The molecule has 0 saturated heterocycles. The van der Waals surface area contributed by atoms with Crippen molar-refractivity contribution in [3.05, 3.63) is 30.1 Å². The van der Waals surface area contributed by atoms with Gasteiger partial charge in [0, 0.05) is 31.9 Å². The van der Waals surface area contributed by atoms with Crippen LogP contribution in [-0.2, 0) is 6.54 Å². The second-order valence-electron chi connectivity index (χ2n) is 6.10. The Balaban J connectivity index is 1.66. The zero-order chi connectivity index (χ0) is 14.2. The maximum absolute atomic E-state index is 4.41. The molecule has 1 aromatic heterocycles. The number of pyridine rings is 1. The number of likely N-dealkylation sites (N-methyl/N-ethyl adjacent to an activating group) is 1. The molecule has 0 aromatic carbocycles. The number of hydrogen-bond acceptors (Lipinski definition) is 3. The van der Waals surface area contributed by atoms with E-state index in [0.29, 0.717) is 0 Å². The molecule has 1 aliphatic rings. The van der Waals surface area contributed by atoms with Crippen molar-refractivity contribution in [1.82, 2.24) is 15.2 Å². The fraction of sp³-hybridized carbons (Fsp3) is 0.706. The highest BCUT2D eigenvalue weighted by atomic mass is 15.1. The predicted octanol–water partition coefficient (Wildman–Crippen LogP) is 3.07. The predicted molar refractivity (Wildman–Crippen MR) is 84.6 cm³/mol. The molecule has 0 atom stereocenters. The highest BCUT2D eigenvalue weighted by Crippen LogP contribution is 2.23. The third-order valence-corrected chi connectivity index (χ3v) is 4.44. The quantitative estimate of drug-likeness (QED) is 0.829. The van der Waals surface area contributed by atoms with Gasteiger partial charge in [-0.05, 0) is 50.3 Å². The van der Waals surface area contributed by atoms with Crippen LogP contribution in [0.25, 0.3) is 0 Å². The highest BCUT2D eigenvalue weighted by Gasteiger charge is 2.17. The van der Waals surface area contributed by atoms with Crippen LogP contribution >= 0.6 is 0 Å². The van der Waals surface area contributed by atoms with E-state index < -0.39 is 0 Å². The van der Waals surface area contributed by atoms with Gasteiger partial charge in [0.05, 0.1) is 5.69 Å². The standard InChI is InChI=1S/C17H29N3/c1-3-20(14-17-6-4-5-11-18-17)13-12-19-16-9-7-15(2)8-10-16/h4-6,11,15-16,19H,3,7-10,12-14H2,1-2H3. The first kappa shape index (κ1) is 15.5. The van der Waals surface area contributed by atoms with Crippen molar-refractivity contribution in [2.45, 2.75) is 52.1 Å². The van der Waals surface area contributed by atoms with E-state index in [4.69, 9.17) is 0 Å². The molecule has 3 nitrogen and oxygen atoms in total. The van der Waals surface area contributed by atoms with Crippen molar-refractivity contribution in [2.75, 3.05) is 19.6 Å². The Morgan fingerprint density at radius 3 is 2.70 bits per heavy atom. The number of rotatable bonds is 7. The zero-order valence-corrected chi connectivity index (χ0v) is 13.0. The molecule has 0 aliphatic heterocycles. The molecule has 0 bridgehead atoms. The van der Waals surface area contributed by atoms with Gasteiger partial charge in [-0.25, -0.2) is 0 Å². The van der Waals surface area contributed by atoms with Crippen molar-refractivity contribution < 1.29 is 0 Å². The molecular weight excluding hydrogens is 246 g/mol. The average Bonchev–Trinajstić information content (AvgIpc) is 2.49. The van der Waals surface area contributed by atoms with Gasteiger partial charge in [0.1, 0.15) is 0 Å². The first-order chi connectivity index (χ1) is 9.78. The van der Waals surface area contributed by atoms with Gasteiger partial charge >= 0.3 is 0 Å². The van der Waals surface area contributed by atoms with Crippen molar-refractivity contribution >= 4 is 0 Å². The van der Waals surface area contributed by atoms with Gasteiger partial charge in [0.2, 0.25) is 0 Å². The molecule has 1 N–H and O–H groups in total. The first-order valence-electron chi connectivity index (χ1n) is 8.13. The Morgan fingerprint density at radius 1 is 1.25 bits per heavy atom. The van der Waals surface area contributed by atoms with Gasteiger partial charge < -0.3 is 5.32 Å². The van der Waals surface area contributed by atoms with Crippen LogP contribution in [0.3, 0.4) is 0 Å². The lowest BCUT2D eigenvalue weighted by Gasteiger charge is -2.28. The van der Waals surface area contributed by atoms with Gasteiger partial charge in [-0.15, -0.1) is 0 Å². The summed E-state index contributed by atoms with van der Waals surface area (Å²) in [4.78, 5) is 6.87. The summed E-state index contributed by atoms with van der Waals surface area (Å²) in [6.07, 6.45) is 7.37. The van der Waals surface area contributed by atoms with Crippen molar-refractivity contribution in [3.8, 4) is 0 Å². The lowest BCUT2D eigenvalue weighted by Crippen LogP contribution is -2.38. The molecule has 0 spiro atoms. The molecule has 0 amide bonds. The molecule has 1 fully saturated rings. The first-order valence-corrected chi connectivity index (χ1v) is 8.13. The van der Waals surface area contributed by atoms with Crippen molar-refractivity contribution in [2.24, 2.45) is 5.92 Å². The summed E-state index contributed by atoms with van der Waals surface area (Å²) in [6, 6.07) is 6.90. The highest BCUT2D eigenvalue weighted by molar-refractivity contribution is 5.03. The van der Waals surface area contributed by atoms with E-state index in [0.717, 1.165) is 38.1 Å². The van der Waals surface area contributed by atoms with Crippen LogP contribution in [0.15, 0.2) is 24.4 Å². The van der Waals surface area contributed by atoms with E-state index >= 15 is 0 Å². The molecule has 112 valence electrons. The number of nitrogens with zero attached hydrogens (tertiary/aromatic N) is 2. The molecular formula is C17H29N3. The van der Waals surface area contributed by atoms with Crippen LogP contribution < -0.4 is 5.32 Å². The van der Waals surface area contributed by atoms with Crippen LogP contribution in [-0.4, -0.2) is 35.6 Å². The minimum Gasteiger partial charge on any atom is -0.313 e. The van der Waals surface area contributed by atoms with Crippen LogP contribution in [0.2, 0.25) is 0 Å². The van der Waals surface area contributed by atoms with Gasteiger partial charge in [-0.1, -0.05) is 19.9 Å². The topological polar surface area (TPSA) is 28.2 Å². The van der Waals surface area contributed by atoms with Crippen LogP contribution in [0.4, 0.5) is 0 Å². The summed E-state index contributed by atoms with van der Waals surface area (Å²) in [5.41, 5.74) is 1.17. The van der Waals surface area contributed by atoms with E-state index in [2.05, 4.69) is 41.2 Å². The molecule has 20 heavy (non-hydrogen) atoms. The fourth-order valence-corrected chi connectivity index (χ4v) is 2.96. The Bertz CT molecular complexity index is 358. The van der Waals surface area contributed by atoms with Crippen LogP contribution in [0.1, 0.15) is 45.2 Å². The second kappa shape index (κ2) is 8.38. The van der Waals surface area contributed by atoms with Gasteiger partial charge in [0.25, 0.3) is 0 Å². The summed E-state index contributed by atoms with van der Waals surface area (Å²) in [5, 5.41) is 3.73. The normalized spacial score (nSPS) is 23.1. The maximum atomic E-state index is 4.41.